The van der Waals surface area contributed by atoms with E-state index in [4.69, 9.17) is 14.9 Å². The normalized spacial score (nSPS) is 19.4. The highest BCUT2D eigenvalue weighted by atomic mass is 32.2. The Labute approximate surface area is 277 Å². The number of oxazole rings is 1. The van der Waals surface area contributed by atoms with Gasteiger partial charge in [-0.3, -0.25) is 14.3 Å². The minimum Gasteiger partial charge on any atom is -0.463 e. The van der Waals surface area contributed by atoms with Crippen molar-refractivity contribution in [2.45, 2.75) is 64.3 Å². The van der Waals surface area contributed by atoms with Crippen LogP contribution in [-0.4, -0.2) is 80.8 Å². The van der Waals surface area contributed by atoms with E-state index < -0.39 is 39.6 Å². The van der Waals surface area contributed by atoms with Crippen molar-refractivity contribution in [2.24, 2.45) is 17.1 Å². The Morgan fingerprint density at radius 3 is 2.40 bits per heavy atom. The number of benzene rings is 1. The van der Waals surface area contributed by atoms with Crippen molar-refractivity contribution in [3.8, 4) is 0 Å². The first kappa shape index (κ1) is 33.8. The van der Waals surface area contributed by atoms with Crippen molar-refractivity contribution < 1.29 is 35.9 Å². The summed E-state index contributed by atoms with van der Waals surface area (Å²) >= 11 is 0. The molecule has 3 aromatic rings. The van der Waals surface area contributed by atoms with Gasteiger partial charge >= 0.3 is 5.97 Å². The lowest BCUT2D eigenvalue weighted by Crippen LogP contribution is -2.39. The number of pyridine rings is 1. The van der Waals surface area contributed by atoms with Gasteiger partial charge in [-0.25, -0.2) is 27.2 Å². The zero-order valence-electron chi connectivity index (χ0n) is 27.0. The Morgan fingerprint density at radius 1 is 1.04 bits per heavy atom. The summed E-state index contributed by atoms with van der Waals surface area (Å²) in [6.07, 6.45) is 4.91. The van der Waals surface area contributed by atoms with Crippen molar-refractivity contribution in [2.75, 3.05) is 58.4 Å². The predicted molar refractivity (Wildman–Crippen MR) is 177 cm³/mol. The number of esters is 1. The fourth-order valence-corrected chi connectivity index (χ4v) is 7.05. The van der Waals surface area contributed by atoms with Gasteiger partial charge in [-0.15, -0.1) is 0 Å². The number of carbonyl (C=O) groups is 2. The monoisotopic (exact) mass is 689 g/mol. The summed E-state index contributed by atoms with van der Waals surface area (Å²) in [7, 11) is -3.92. The van der Waals surface area contributed by atoms with E-state index in [1.165, 1.54) is 25.3 Å². The van der Waals surface area contributed by atoms with Gasteiger partial charge in [-0.05, 0) is 55.2 Å². The van der Waals surface area contributed by atoms with Gasteiger partial charge in [0.2, 0.25) is 10.0 Å². The molecule has 2 aromatic heterocycles. The molecule has 1 amide bonds. The Bertz CT molecular complexity index is 1780. The van der Waals surface area contributed by atoms with Gasteiger partial charge in [0.1, 0.15) is 29.7 Å². The van der Waals surface area contributed by atoms with Crippen LogP contribution in [0.15, 0.2) is 35.1 Å². The molecule has 0 radical (unpaired) electrons. The quantitative estimate of drug-likeness (QED) is 0.244. The van der Waals surface area contributed by atoms with Crippen molar-refractivity contribution in [3.05, 3.63) is 36.2 Å². The average Bonchev–Trinajstić information content (AvgIpc) is 3.61. The van der Waals surface area contributed by atoms with Crippen LogP contribution in [0.25, 0.3) is 11.1 Å². The van der Waals surface area contributed by atoms with Crippen LogP contribution >= 0.6 is 0 Å². The fourth-order valence-electron chi connectivity index (χ4n) is 6.16. The second-order valence-electron chi connectivity index (χ2n) is 13.4. The average molecular weight is 690 g/mol. The largest absolute Gasteiger partial charge is 0.463 e. The number of hydrogen-bond donors (Lipinski definition) is 3. The number of amides is 1. The van der Waals surface area contributed by atoms with Crippen LogP contribution in [0.4, 0.5) is 31.8 Å². The number of hydrogen-bond acceptors (Lipinski definition) is 11. The third-order valence-electron chi connectivity index (χ3n) is 9.56. The predicted octanol–water partition coefficient (Wildman–Crippen LogP) is 4.36. The lowest BCUT2D eigenvalue weighted by atomic mass is 9.93. The third-order valence-corrected chi connectivity index (χ3v) is 10.8. The number of nitrogens with zero attached hydrogens (tertiary/aromatic N) is 4. The molecule has 4 heterocycles. The summed E-state index contributed by atoms with van der Waals surface area (Å²) in [6.45, 7) is 4.72. The number of carbonyl (C=O) groups excluding carboxylic acids is 2. The van der Waals surface area contributed by atoms with Crippen molar-refractivity contribution >= 4 is 56.0 Å². The number of sulfonamides is 1. The standard InChI is InChI=1S/C32H41F2N7O6S/c1-20(2)26(35)30(43)46-15-16-48(44,45)39-21-3-4-22(24(17-21)40-11-7-31(5-6-31)8-12-40)29(42)38-25-18-23-27(47-19-36-23)28(37-25)41-13-9-32(33,34)10-14-41/h3-4,17-20,26,39H,5-16,35H2,1-2H3,(H,37,38,42)/t26-/m1/s1. The number of halogens is 2. The number of anilines is 4. The van der Waals surface area contributed by atoms with Gasteiger partial charge < -0.3 is 30.0 Å². The van der Waals surface area contributed by atoms with E-state index in [-0.39, 0.29) is 50.0 Å². The molecular formula is C32H41F2N7O6S. The smallest absolute Gasteiger partial charge is 0.323 e. The van der Waals surface area contributed by atoms with Crippen LogP contribution in [0.2, 0.25) is 0 Å². The van der Waals surface area contributed by atoms with Crippen molar-refractivity contribution in [1.29, 1.82) is 0 Å². The summed E-state index contributed by atoms with van der Waals surface area (Å²) in [6, 6.07) is 5.38. The summed E-state index contributed by atoms with van der Waals surface area (Å²) in [5, 5.41) is 2.84. The minimum atomic E-state index is -3.92. The molecule has 4 N–H and O–H groups in total. The van der Waals surface area contributed by atoms with Crippen molar-refractivity contribution in [3.63, 3.8) is 0 Å². The summed E-state index contributed by atoms with van der Waals surface area (Å²) in [5.41, 5.74) is 8.02. The number of aromatic nitrogens is 2. The maximum Gasteiger partial charge on any atom is 0.323 e. The highest BCUT2D eigenvalue weighted by Crippen LogP contribution is 2.54. The number of piperidine rings is 2. The molecule has 3 aliphatic rings. The first-order chi connectivity index (χ1) is 22.7. The Hall–Kier alpha value is -4.05. The maximum absolute atomic E-state index is 13.9. The Kier molecular flexibility index (Phi) is 9.24. The number of nitrogens with one attached hydrogen (secondary N) is 2. The van der Waals surface area contributed by atoms with Gasteiger partial charge in [0.15, 0.2) is 17.8 Å². The molecule has 0 unspecified atom stereocenters. The van der Waals surface area contributed by atoms with E-state index in [2.05, 4.69) is 24.9 Å². The molecule has 3 fully saturated rings. The van der Waals surface area contributed by atoms with Crippen LogP contribution in [0.5, 0.6) is 0 Å². The molecule has 48 heavy (non-hydrogen) atoms. The lowest BCUT2D eigenvalue weighted by Gasteiger charge is -2.35. The van der Waals surface area contributed by atoms with Crippen LogP contribution < -0.4 is 25.6 Å². The zero-order valence-corrected chi connectivity index (χ0v) is 27.8. The number of ether oxygens (including phenoxy) is 1. The first-order valence-electron chi connectivity index (χ1n) is 16.2. The van der Waals surface area contributed by atoms with E-state index in [9.17, 15) is 26.8 Å². The molecule has 1 aromatic carbocycles. The van der Waals surface area contributed by atoms with Gasteiger partial charge in [-0.2, -0.15) is 0 Å². The second kappa shape index (κ2) is 13.1. The molecule has 1 aliphatic carbocycles. The van der Waals surface area contributed by atoms with E-state index in [0.717, 1.165) is 12.8 Å². The first-order valence-corrected chi connectivity index (χ1v) is 17.9. The molecule has 260 valence electrons. The molecule has 2 aliphatic heterocycles. The maximum atomic E-state index is 13.9. The number of fused-ring (bicyclic) bond motifs is 1. The van der Waals surface area contributed by atoms with E-state index in [1.807, 2.05) is 0 Å². The van der Waals surface area contributed by atoms with Gasteiger partial charge in [0, 0.05) is 45.1 Å². The van der Waals surface area contributed by atoms with E-state index in [0.29, 0.717) is 46.7 Å². The topological polar surface area (TPSA) is 173 Å². The highest BCUT2D eigenvalue weighted by molar-refractivity contribution is 7.92. The molecule has 6 rings (SSSR count). The Balaban J connectivity index is 1.21. The van der Waals surface area contributed by atoms with Crippen molar-refractivity contribution in [1.82, 2.24) is 9.97 Å². The SMILES string of the molecule is CC(C)[C@@H](N)C(=O)OCCS(=O)(=O)Nc1ccc(C(=O)Nc2cc3ncoc3c(N3CCC(F)(F)CC3)n2)c(N2CCC3(CC2)CC3)c1. The van der Waals surface area contributed by atoms with Crippen LogP contribution in [0.3, 0.4) is 0 Å². The van der Waals surface area contributed by atoms with Gasteiger partial charge in [0.25, 0.3) is 11.8 Å². The molecule has 1 spiro atoms. The van der Waals surface area contributed by atoms with Gasteiger partial charge in [0.05, 0.1) is 16.9 Å². The molecule has 13 nitrogen and oxygen atoms in total. The second-order valence-corrected chi connectivity index (χ2v) is 15.2. The number of rotatable bonds is 11. The molecule has 0 bridgehead atoms. The fraction of sp³-hybridized carbons (Fsp3) is 0.562. The van der Waals surface area contributed by atoms with Crippen LogP contribution in [0, 0.1) is 11.3 Å². The Morgan fingerprint density at radius 2 is 1.73 bits per heavy atom. The van der Waals surface area contributed by atoms with Crippen LogP contribution in [-0.2, 0) is 19.6 Å². The number of alkyl halides is 2. The summed E-state index contributed by atoms with van der Waals surface area (Å²) in [4.78, 5) is 38.5. The zero-order chi connectivity index (χ0) is 34.3. The minimum absolute atomic E-state index is 0.0685. The highest BCUT2D eigenvalue weighted by Gasteiger charge is 2.44. The summed E-state index contributed by atoms with van der Waals surface area (Å²) < 4.78 is 66.7. The number of nitrogens with two attached hydrogens (primary N) is 1. The van der Waals surface area contributed by atoms with Crippen LogP contribution in [0.1, 0.15) is 62.7 Å². The molecule has 16 heteroatoms. The molecule has 2 saturated heterocycles. The molecule has 1 saturated carbocycles. The molecular weight excluding hydrogens is 648 g/mol. The van der Waals surface area contributed by atoms with E-state index in [1.54, 1.807) is 36.9 Å². The lowest BCUT2D eigenvalue weighted by molar-refractivity contribution is -0.145. The van der Waals surface area contributed by atoms with Gasteiger partial charge in [-0.1, -0.05) is 13.8 Å². The third kappa shape index (κ3) is 7.64. The summed E-state index contributed by atoms with van der Waals surface area (Å²) in [5.74, 6) is -4.03. The van der Waals surface area contributed by atoms with E-state index >= 15 is 0 Å². The molecule has 1 atom stereocenters.